The van der Waals surface area contributed by atoms with Gasteiger partial charge < -0.3 is 9.30 Å². The van der Waals surface area contributed by atoms with E-state index in [1.54, 1.807) is 19.9 Å². The van der Waals surface area contributed by atoms with Crippen LogP contribution in [0.5, 0.6) is 5.75 Å². The lowest BCUT2D eigenvalue weighted by atomic mass is 10.1. The molecular formula is C30H28F3N5O6S. The van der Waals surface area contributed by atoms with Crippen molar-refractivity contribution in [2.45, 2.75) is 31.8 Å². The molecule has 4 aromatic rings. The Kier molecular flexibility index (Phi) is 9.32. The second-order valence-corrected chi connectivity index (χ2v) is 11.7. The summed E-state index contributed by atoms with van der Waals surface area (Å²) in [5, 5.41) is 15.4. The summed E-state index contributed by atoms with van der Waals surface area (Å²) in [6, 6.07) is 15.9. The number of para-hydroxylation sites is 1. The number of nitro groups is 1. The predicted octanol–water partition coefficient (Wildman–Crippen LogP) is 5.68. The average Bonchev–Trinajstić information content (AvgIpc) is 3.27. The standard InChI is InChI=1S/C30H28F3N5O6S/c1-19-9-14-25(16-28(19)38(40)41)45(42,43)36(23-10-12-24(44-4)13-11-23)18-29(39)35-34-17-22-15-20(2)37(21(22)3)27-8-6-5-7-26(27)30(31,32)33/h5-17H,18H2,1-4H3,(H,35,39)/b34-17-. The van der Waals surface area contributed by atoms with E-state index < -0.39 is 49.7 Å². The number of nitrogens with zero attached hydrogens (tertiary/aromatic N) is 4. The molecule has 0 unspecified atom stereocenters. The van der Waals surface area contributed by atoms with Crippen molar-refractivity contribution < 1.29 is 36.0 Å². The Balaban J connectivity index is 1.62. The number of halogens is 3. The van der Waals surface area contributed by atoms with E-state index in [-0.39, 0.29) is 16.9 Å². The van der Waals surface area contributed by atoms with E-state index in [4.69, 9.17) is 4.74 Å². The van der Waals surface area contributed by atoms with Crippen LogP contribution in [-0.4, -0.2) is 43.7 Å². The van der Waals surface area contributed by atoms with E-state index in [2.05, 4.69) is 10.5 Å². The fourth-order valence-electron chi connectivity index (χ4n) is 4.67. The van der Waals surface area contributed by atoms with Crippen molar-refractivity contribution in [1.29, 1.82) is 0 Å². The summed E-state index contributed by atoms with van der Waals surface area (Å²) in [6.45, 7) is 3.94. The molecule has 236 valence electrons. The predicted molar refractivity (Wildman–Crippen MR) is 161 cm³/mol. The summed E-state index contributed by atoms with van der Waals surface area (Å²) in [4.78, 5) is 23.3. The molecular weight excluding hydrogens is 615 g/mol. The van der Waals surface area contributed by atoms with Crippen molar-refractivity contribution in [3.05, 3.63) is 111 Å². The Bertz CT molecular complexity index is 1890. The zero-order chi connectivity index (χ0) is 33.1. The van der Waals surface area contributed by atoms with E-state index in [1.807, 2.05) is 0 Å². The van der Waals surface area contributed by atoms with Gasteiger partial charge in [-0.3, -0.25) is 19.2 Å². The summed E-state index contributed by atoms with van der Waals surface area (Å²) >= 11 is 0. The summed E-state index contributed by atoms with van der Waals surface area (Å²) < 4.78 is 75.7. The van der Waals surface area contributed by atoms with E-state index in [1.165, 1.54) is 79.4 Å². The number of sulfonamides is 1. The maximum atomic E-state index is 13.7. The number of benzene rings is 3. The fourth-order valence-corrected chi connectivity index (χ4v) is 6.12. The minimum Gasteiger partial charge on any atom is -0.497 e. The third kappa shape index (κ3) is 6.98. The van der Waals surface area contributed by atoms with Crippen LogP contribution < -0.4 is 14.5 Å². The van der Waals surface area contributed by atoms with Crippen LogP contribution >= 0.6 is 0 Å². The van der Waals surface area contributed by atoms with Gasteiger partial charge in [0.25, 0.3) is 21.6 Å². The van der Waals surface area contributed by atoms with E-state index >= 15 is 0 Å². The smallest absolute Gasteiger partial charge is 0.418 e. The van der Waals surface area contributed by atoms with Gasteiger partial charge in [-0.05, 0) is 69.3 Å². The number of hydrogen-bond donors (Lipinski definition) is 1. The number of anilines is 1. The molecule has 1 heterocycles. The summed E-state index contributed by atoms with van der Waals surface area (Å²) in [5.74, 6) is -0.435. The largest absolute Gasteiger partial charge is 0.497 e. The number of hydrogen-bond acceptors (Lipinski definition) is 7. The summed E-state index contributed by atoms with van der Waals surface area (Å²) in [6.07, 6.45) is -3.34. The number of aromatic nitrogens is 1. The monoisotopic (exact) mass is 643 g/mol. The van der Waals surface area contributed by atoms with E-state index in [0.29, 0.717) is 22.7 Å². The highest BCUT2D eigenvalue weighted by Crippen LogP contribution is 2.35. The van der Waals surface area contributed by atoms with Gasteiger partial charge in [-0.15, -0.1) is 0 Å². The first kappa shape index (κ1) is 32.7. The second kappa shape index (κ2) is 12.8. The van der Waals surface area contributed by atoms with E-state index in [0.717, 1.165) is 16.4 Å². The molecule has 1 aromatic heterocycles. The molecule has 0 spiro atoms. The van der Waals surface area contributed by atoms with Crippen molar-refractivity contribution in [3.8, 4) is 11.4 Å². The quantitative estimate of drug-likeness (QED) is 0.134. The number of aryl methyl sites for hydroxylation is 2. The van der Waals surface area contributed by atoms with Gasteiger partial charge in [0, 0.05) is 28.6 Å². The maximum Gasteiger partial charge on any atom is 0.418 e. The van der Waals surface area contributed by atoms with Gasteiger partial charge in [-0.1, -0.05) is 18.2 Å². The third-order valence-corrected chi connectivity index (χ3v) is 8.70. The number of alkyl halides is 3. The molecule has 0 saturated heterocycles. The van der Waals surface area contributed by atoms with Crippen LogP contribution in [0.4, 0.5) is 24.5 Å². The summed E-state index contributed by atoms with van der Waals surface area (Å²) in [5.41, 5.74) is 2.61. The zero-order valence-corrected chi connectivity index (χ0v) is 25.3. The molecule has 0 aliphatic rings. The summed E-state index contributed by atoms with van der Waals surface area (Å²) in [7, 11) is -3.07. The molecule has 11 nitrogen and oxygen atoms in total. The molecule has 1 amide bonds. The van der Waals surface area contributed by atoms with Gasteiger partial charge in [0.1, 0.15) is 12.3 Å². The molecule has 1 N–H and O–H groups in total. The Labute approximate surface area is 256 Å². The number of nitrogens with one attached hydrogen (secondary N) is 1. The molecule has 0 fully saturated rings. The van der Waals surface area contributed by atoms with E-state index in [9.17, 15) is 36.5 Å². The number of hydrazone groups is 1. The lowest BCUT2D eigenvalue weighted by Crippen LogP contribution is -2.39. The highest BCUT2D eigenvalue weighted by atomic mass is 32.2. The second-order valence-electron chi connectivity index (χ2n) is 9.89. The van der Waals surface area contributed by atoms with Gasteiger partial charge in [0.2, 0.25) is 0 Å². The highest BCUT2D eigenvalue weighted by molar-refractivity contribution is 7.92. The van der Waals surface area contributed by atoms with Crippen molar-refractivity contribution in [2.75, 3.05) is 18.0 Å². The average molecular weight is 644 g/mol. The Morgan fingerprint density at radius 2 is 1.73 bits per heavy atom. The molecule has 0 aliphatic carbocycles. The zero-order valence-electron chi connectivity index (χ0n) is 24.5. The maximum absolute atomic E-state index is 13.7. The van der Waals surface area contributed by atoms with Gasteiger partial charge in [-0.25, -0.2) is 13.8 Å². The van der Waals surface area contributed by atoms with Crippen LogP contribution in [0.25, 0.3) is 5.69 Å². The van der Waals surface area contributed by atoms with Crippen molar-refractivity contribution in [1.82, 2.24) is 9.99 Å². The Hall–Kier alpha value is -5.18. The molecule has 0 saturated carbocycles. The van der Waals surface area contributed by atoms with Crippen LogP contribution in [0.3, 0.4) is 0 Å². The number of rotatable bonds is 10. The van der Waals surface area contributed by atoms with Crippen molar-refractivity contribution in [3.63, 3.8) is 0 Å². The lowest BCUT2D eigenvalue weighted by Gasteiger charge is -2.24. The lowest BCUT2D eigenvalue weighted by molar-refractivity contribution is -0.385. The van der Waals surface area contributed by atoms with Crippen molar-refractivity contribution in [2.24, 2.45) is 5.10 Å². The van der Waals surface area contributed by atoms with Gasteiger partial charge in [0.15, 0.2) is 0 Å². The normalized spacial score (nSPS) is 11.9. The first-order valence-electron chi connectivity index (χ1n) is 13.2. The number of amides is 1. The number of methoxy groups -OCH3 is 1. The molecule has 4 rings (SSSR count). The molecule has 0 bridgehead atoms. The Morgan fingerprint density at radius 1 is 1.07 bits per heavy atom. The van der Waals surface area contributed by atoms with Crippen LogP contribution in [-0.2, 0) is 21.0 Å². The number of carbonyl (C=O) groups excluding carboxylic acids is 1. The first-order valence-corrected chi connectivity index (χ1v) is 14.7. The molecule has 15 heteroatoms. The van der Waals surface area contributed by atoms with Gasteiger partial charge in [0.05, 0.1) is 40.1 Å². The van der Waals surface area contributed by atoms with Crippen molar-refractivity contribution >= 4 is 33.5 Å². The molecule has 3 aromatic carbocycles. The third-order valence-electron chi connectivity index (χ3n) is 6.93. The minimum absolute atomic E-state index is 0.0691. The van der Waals surface area contributed by atoms with Gasteiger partial charge in [-0.2, -0.15) is 18.3 Å². The number of carbonyl (C=O) groups is 1. The van der Waals surface area contributed by atoms with Gasteiger partial charge >= 0.3 is 6.18 Å². The minimum atomic E-state index is -4.58. The molecule has 0 aliphatic heterocycles. The molecule has 0 radical (unpaired) electrons. The number of ether oxygens (including phenoxy) is 1. The molecule has 45 heavy (non-hydrogen) atoms. The molecule has 0 atom stereocenters. The topological polar surface area (TPSA) is 136 Å². The SMILES string of the molecule is COc1ccc(N(CC(=O)N/N=C\c2cc(C)n(-c3ccccc3C(F)(F)F)c2C)S(=O)(=O)c2ccc(C)c([N+](=O)[O-])c2)cc1. The Morgan fingerprint density at radius 3 is 2.36 bits per heavy atom. The van der Waals surface area contributed by atoms with Crippen LogP contribution in [0, 0.1) is 30.9 Å². The van der Waals surface area contributed by atoms with Crippen LogP contribution in [0.15, 0.2) is 82.8 Å². The van der Waals surface area contributed by atoms with Crippen LogP contribution in [0.1, 0.15) is 28.1 Å². The first-order chi connectivity index (χ1) is 21.1. The van der Waals surface area contributed by atoms with Crippen LogP contribution in [0.2, 0.25) is 0 Å². The highest BCUT2D eigenvalue weighted by Gasteiger charge is 2.34. The fraction of sp³-hybridized carbons (Fsp3) is 0.200. The number of nitro benzene ring substituents is 1.